The molecule has 0 aliphatic carbocycles. The second-order valence-corrected chi connectivity index (χ2v) is 2.77. The smallest absolute Gasteiger partial charge is 0.255 e. The molecule has 0 saturated heterocycles. The standard InChI is InChI=1S/C10H13NO2/c1-2-7-11-10(13)8-5-3-4-6-9(8)12/h3-6,12H,2,7H2,1H3,(H,11,13). The molecule has 0 fully saturated rings. The molecule has 1 aromatic carbocycles. The highest BCUT2D eigenvalue weighted by molar-refractivity contribution is 5.96. The summed E-state index contributed by atoms with van der Waals surface area (Å²) in [4.78, 5) is 11.4. The minimum atomic E-state index is -0.222. The van der Waals surface area contributed by atoms with Crippen molar-refractivity contribution >= 4 is 5.91 Å². The number of carbonyl (C=O) groups is 1. The fraction of sp³-hybridized carbons (Fsp3) is 0.300. The normalized spacial score (nSPS) is 9.62. The van der Waals surface area contributed by atoms with Gasteiger partial charge in [0.2, 0.25) is 0 Å². The maximum absolute atomic E-state index is 11.4. The number of hydrogen-bond donors (Lipinski definition) is 2. The van der Waals surface area contributed by atoms with E-state index < -0.39 is 0 Å². The van der Waals surface area contributed by atoms with Gasteiger partial charge in [0.05, 0.1) is 5.56 Å². The van der Waals surface area contributed by atoms with Crippen LogP contribution in [0.3, 0.4) is 0 Å². The summed E-state index contributed by atoms with van der Waals surface area (Å²) in [7, 11) is 0. The Morgan fingerprint density at radius 1 is 1.46 bits per heavy atom. The van der Waals surface area contributed by atoms with E-state index >= 15 is 0 Å². The maximum atomic E-state index is 11.4. The van der Waals surface area contributed by atoms with Crippen molar-refractivity contribution in [2.24, 2.45) is 0 Å². The first-order valence-electron chi connectivity index (χ1n) is 4.32. The van der Waals surface area contributed by atoms with Gasteiger partial charge >= 0.3 is 0 Å². The van der Waals surface area contributed by atoms with Crippen molar-refractivity contribution in [1.82, 2.24) is 5.32 Å². The summed E-state index contributed by atoms with van der Waals surface area (Å²) in [6.45, 7) is 2.61. The van der Waals surface area contributed by atoms with E-state index in [1.165, 1.54) is 6.07 Å². The number of hydrogen-bond acceptors (Lipinski definition) is 2. The Morgan fingerprint density at radius 3 is 2.77 bits per heavy atom. The van der Waals surface area contributed by atoms with Gasteiger partial charge in [0.25, 0.3) is 5.91 Å². The van der Waals surface area contributed by atoms with Gasteiger partial charge in [-0.15, -0.1) is 0 Å². The average Bonchev–Trinajstić information content (AvgIpc) is 2.15. The predicted molar refractivity (Wildman–Crippen MR) is 50.7 cm³/mol. The molecule has 70 valence electrons. The van der Waals surface area contributed by atoms with Crippen molar-refractivity contribution in [1.29, 1.82) is 0 Å². The van der Waals surface area contributed by atoms with E-state index in [9.17, 15) is 9.90 Å². The molecule has 1 amide bonds. The van der Waals surface area contributed by atoms with Gasteiger partial charge in [-0.2, -0.15) is 0 Å². The van der Waals surface area contributed by atoms with Crippen LogP contribution in [0.5, 0.6) is 5.75 Å². The van der Waals surface area contributed by atoms with E-state index in [1.807, 2.05) is 6.92 Å². The molecule has 13 heavy (non-hydrogen) atoms. The van der Waals surface area contributed by atoms with Gasteiger partial charge in [-0.3, -0.25) is 4.79 Å². The molecule has 2 N–H and O–H groups in total. The lowest BCUT2D eigenvalue weighted by Gasteiger charge is -2.04. The molecule has 1 aromatic rings. The van der Waals surface area contributed by atoms with Gasteiger partial charge in [0, 0.05) is 6.54 Å². The Kier molecular flexibility index (Phi) is 3.31. The Hall–Kier alpha value is -1.51. The minimum absolute atomic E-state index is 0.0242. The van der Waals surface area contributed by atoms with Crippen molar-refractivity contribution in [3.05, 3.63) is 29.8 Å². The molecular weight excluding hydrogens is 166 g/mol. The first-order chi connectivity index (χ1) is 6.25. The molecule has 0 atom stereocenters. The van der Waals surface area contributed by atoms with Crippen LogP contribution in [0.4, 0.5) is 0 Å². The number of phenols is 1. The van der Waals surface area contributed by atoms with Crippen LogP contribution in [0.1, 0.15) is 23.7 Å². The minimum Gasteiger partial charge on any atom is -0.507 e. The highest BCUT2D eigenvalue weighted by Gasteiger charge is 2.07. The van der Waals surface area contributed by atoms with Crippen LogP contribution < -0.4 is 5.32 Å². The monoisotopic (exact) mass is 179 g/mol. The molecule has 0 saturated carbocycles. The van der Waals surface area contributed by atoms with Gasteiger partial charge in [-0.1, -0.05) is 19.1 Å². The largest absolute Gasteiger partial charge is 0.507 e. The number of phenolic OH excluding ortho intramolecular Hbond substituents is 1. The topological polar surface area (TPSA) is 49.3 Å². The van der Waals surface area contributed by atoms with E-state index in [4.69, 9.17) is 0 Å². The lowest BCUT2D eigenvalue weighted by atomic mass is 10.2. The van der Waals surface area contributed by atoms with Crippen LogP contribution in [-0.4, -0.2) is 17.6 Å². The highest BCUT2D eigenvalue weighted by atomic mass is 16.3. The third kappa shape index (κ3) is 2.47. The zero-order chi connectivity index (χ0) is 9.68. The Morgan fingerprint density at radius 2 is 2.15 bits per heavy atom. The highest BCUT2D eigenvalue weighted by Crippen LogP contribution is 2.14. The molecule has 0 aliphatic rings. The van der Waals surface area contributed by atoms with Gasteiger partial charge in [0.15, 0.2) is 0 Å². The molecular formula is C10H13NO2. The van der Waals surface area contributed by atoms with E-state index in [-0.39, 0.29) is 11.7 Å². The van der Waals surface area contributed by atoms with E-state index in [1.54, 1.807) is 18.2 Å². The Labute approximate surface area is 77.4 Å². The number of nitrogens with one attached hydrogen (secondary N) is 1. The second-order valence-electron chi connectivity index (χ2n) is 2.77. The molecule has 3 nitrogen and oxygen atoms in total. The van der Waals surface area contributed by atoms with Crippen molar-refractivity contribution in [3.8, 4) is 5.75 Å². The summed E-state index contributed by atoms with van der Waals surface area (Å²) < 4.78 is 0. The lowest BCUT2D eigenvalue weighted by Crippen LogP contribution is -2.23. The molecule has 0 aliphatic heterocycles. The zero-order valence-corrected chi connectivity index (χ0v) is 7.58. The van der Waals surface area contributed by atoms with Gasteiger partial charge in [-0.25, -0.2) is 0 Å². The summed E-state index contributed by atoms with van der Waals surface area (Å²) in [6.07, 6.45) is 0.888. The van der Waals surface area contributed by atoms with Crippen LogP contribution in [0.25, 0.3) is 0 Å². The molecule has 3 heteroatoms. The Balaban J connectivity index is 2.71. The van der Waals surface area contributed by atoms with Crippen LogP contribution >= 0.6 is 0 Å². The van der Waals surface area contributed by atoms with Crippen molar-refractivity contribution in [3.63, 3.8) is 0 Å². The van der Waals surface area contributed by atoms with Crippen LogP contribution in [0, 0.1) is 0 Å². The third-order valence-corrected chi connectivity index (χ3v) is 1.68. The molecule has 1 rings (SSSR count). The van der Waals surface area contributed by atoms with Crippen molar-refractivity contribution in [2.45, 2.75) is 13.3 Å². The van der Waals surface area contributed by atoms with Crippen LogP contribution in [-0.2, 0) is 0 Å². The fourth-order valence-corrected chi connectivity index (χ4v) is 0.999. The van der Waals surface area contributed by atoms with Gasteiger partial charge < -0.3 is 10.4 Å². The lowest BCUT2D eigenvalue weighted by molar-refractivity contribution is 0.0951. The van der Waals surface area contributed by atoms with E-state index in [0.717, 1.165) is 6.42 Å². The first kappa shape index (κ1) is 9.58. The summed E-state index contributed by atoms with van der Waals surface area (Å²) in [5.41, 5.74) is 0.330. The number of para-hydroxylation sites is 1. The molecule has 0 radical (unpaired) electrons. The molecule has 0 aromatic heterocycles. The number of aromatic hydroxyl groups is 1. The van der Waals surface area contributed by atoms with Gasteiger partial charge in [0.1, 0.15) is 5.75 Å². The fourth-order valence-electron chi connectivity index (χ4n) is 0.999. The Bertz CT molecular complexity index is 297. The first-order valence-corrected chi connectivity index (χ1v) is 4.32. The molecule has 0 unspecified atom stereocenters. The predicted octanol–water partition coefficient (Wildman–Crippen LogP) is 1.53. The number of carbonyl (C=O) groups excluding carboxylic acids is 1. The van der Waals surface area contributed by atoms with Crippen molar-refractivity contribution < 1.29 is 9.90 Å². The SMILES string of the molecule is CCCNC(=O)c1ccccc1O. The van der Waals surface area contributed by atoms with E-state index in [0.29, 0.717) is 12.1 Å². The van der Waals surface area contributed by atoms with E-state index in [2.05, 4.69) is 5.32 Å². The zero-order valence-electron chi connectivity index (χ0n) is 7.58. The summed E-state index contributed by atoms with van der Waals surface area (Å²) in [5.74, 6) is -0.198. The molecule has 0 bridgehead atoms. The maximum Gasteiger partial charge on any atom is 0.255 e. The van der Waals surface area contributed by atoms with Crippen LogP contribution in [0.15, 0.2) is 24.3 Å². The second kappa shape index (κ2) is 4.50. The third-order valence-electron chi connectivity index (χ3n) is 1.68. The average molecular weight is 179 g/mol. The van der Waals surface area contributed by atoms with Gasteiger partial charge in [-0.05, 0) is 18.6 Å². The number of amides is 1. The number of rotatable bonds is 3. The van der Waals surface area contributed by atoms with Crippen LogP contribution in [0.2, 0.25) is 0 Å². The number of benzene rings is 1. The summed E-state index contributed by atoms with van der Waals surface area (Å²) in [6, 6.07) is 6.51. The summed E-state index contributed by atoms with van der Waals surface area (Å²) in [5, 5.41) is 12.0. The molecule has 0 spiro atoms. The summed E-state index contributed by atoms with van der Waals surface area (Å²) >= 11 is 0. The van der Waals surface area contributed by atoms with Crippen molar-refractivity contribution in [2.75, 3.05) is 6.54 Å². The quantitative estimate of drug-likeness (QED) is 0.739. The molecule has 0 heterocycles.